The molecule has 0 bridgehead atoms. The van der Waals surface area contributed by atoms with Crippen LogP contribution in [0.5, 0.6) is 0 Å². The molecule has 4 nitrogen and oxygen atoms in total. The minimum absolute atomic E-state index is 0.0670. The molecule has 20 heavy (non-hydrogen) atoms. The number of carbonyl (C=O) groups excluding carboxylic acids is 1. The number of nitrogens with zero attached hydrogens (tertiary/aromatic N) is 1. The van der Waals surface area contributed by atoms with Crippen molar-refractivity contribution in [2.24, 2.45) is 0 Å². The van der Waals surface area contributed by atoms with Gasteiger partial charge in [-0.05, 0) is 46.6 Å². The van der Waals surface area contributed by atoms with Crippen molar-refractivity contribution in [3.05, 3.63) is 68.5 Å². The van der Waals surface area contributed by atoms with Gasteiger partial charge in [-0.3, -0.25) is 4.79 Å². The average molecular weight is 336 g/mol. The molecular formula is C15H14BrNO3. The predicted molar refractivity (Wildman–Crippen MR) is 79.9 cm³/mol. The van der Waals surface area contributed by atoms with Crippen molar-refractivity contribution < 1.29 is 9.53 Å². The minimum atomic E-state index is -0.335. The SMILES string of the molecule is CCOC(=O)c1ccc(Cn2cc(Br)ccc2=O)cc1. The molecule has 1 aromatic carbocycles. The van der Waals surface area contributed by atoms with Gasteiger partial charge in [-0.2, -0.15) is 0 Å². The highest BCUT2D eigenvalue weighted by Crippen LogP contribution is 2.09. The highest BCUT2D eigenvalue weighted by Gasteiger charge is 2.06. The molecule has 0 saturated carbocycles. The molecule has 0 unspecified atom stereocenters. The molecule has 0 amide bonds. The van der Waals surface area contributed by atoms with Crippen LogP contribution in [0.2, 0.25) is 0 Å². The van der Waals surface area contributed by atoms with Gasteiger partial charge in [0.15, 0.2) is 0 Å². The van der Waals surface area contributed by atoms with Gasteiger partial charge in [-0.25, -0.2) is 4.79 Å². The van der Waals surface area contributed by atoms with Crippen LogP contribution in [0.15, 0.2) is 51.9 Å². The van der Waals surface area contributed by atoms with E-state index in [1.54, 1.807) is 35.9 Å². The Hall–Kier alpha value is -1.88. The molecule has 104 valence electrons. The van der Waals surface area contributed by atoms with Crippen molar-refractivity contribution >= 4 is 21.9 Å². The molecule has 0 aliphatic carbocycles. The standard InChI is InChI=1S/C15H14BrNO3/c1-2-20-15(19)12-5-3-11(4-6-12)9-17-10-13(16)7-8-14(17)18/h3-8,10H,2,9H2,1H3. The van der Waals surface area contributed by atoms with Crippen LogP contribution in [0, 0.1) is 0 Å². The highest BCUT2D eigenvalue weighted by atomic mass is 79.9. The quantitative estimate of drug-likeness (QED) is 0.807. The third kappa shape index (κ3) is 3.57. The van der Waals surface area contributed by atoms with Gasteiger partial charge in [0.05, 0.1) is 18.7 Å². The summed E-state index contributed by atoms with van der Waals surface area (Å²) in [6, 6.07) is 10.3. The molecular weight excluding hydrogens is 322 g/mol. The molecule has 0 radical (unpaired) electrons. The summed E-state index contributed by atoms with van der Waals surface area (Å²) in [6.07, 6.45) is 1.74. The van der Waals surface area contributed by atoms with Gasteiger partial charge in [0.25, 0.3) is 5.56 Å². The van der Waals surface area contributed by atoms with Crippen LogP contribution < -0.4 is 5.56 Å². The first-order valence-corrected chi connectivity index (χ1v) is 7.01. The maximum absolute atomic E-state index is 11.7. The number of esters is 1. The summed E-state index contributed by atoms with van der Waals surface area (Å²) in [6.45, 7) is 2.58. The molecule has 0 atom stereocenters. The summed E-state index contributed by atoms with van der Waals surface area (Å²) in [7, 11) is 0. The maximum atomic E-state index is 11.7. The molecule has 0 aliphatic heterocycles. The number of hydrogen-bond donors (Lipinski definition) is 0. The number of pyridine rings is 1. The summed E-state index contributed by atoms with van der Waals surface area (Å²) in [5.74, 6) is -0.335. The lowest BCUT2D eigenvalue weighted by Crippen LogP contribution is -2.18. The Kier molecular flexibility index (Phi) is 4.74. The number of benzene rings is 1. The summed E-state index contributed by atoms with van der Waals surface area (Å²) >= 11 is 3.34. The van der Waals surface area contributed by atoms with E-state index in [9.17, 15) is 9.59 Å². The van der Waals surface area contributed by atoms with Gasteiger partial charge < -0.3 is 9.30 Å². The number of ether oxygens (including phenoxy) is 1. The second kappa shape index (κ2) is 6.52. The van der Waals surface area contributed by atoms with Crippen LogP contribution in [0.25, 0.3) is 0 Å². The van der Waals surface area contributed by atoms with Gasteiger partial charge in [-0.15, -0.1) is 0 Å². The Balaban J connectivity index is 2.17. The predicted octanol–water partition coefficient (Wildman–Crippen LogP) is 2.84. The van der Waals surface area contributed by atoms with E-state index in [1.807, 2.05) is 12.1 Å². The maximum Gasteiger partial charge on any atom is 0.338 e. The van der Waals surface area contributed by atoms with Crippen molar-refractivity contribution in [1.82, 2.24) is 4.57 Å². The summed E-state index contributed by atoms with van der Waals surface area (Å²) < 4.78 is 7.37. The lowest BCUT2D eigenvalue weighted by molar-refractivity contribution is 0.0526. The first-order valence-electron chi connectivity index (χ1n) is 6.22. The number of aromatic nitrogens is 1. The lowest BCUT2D eigenvalue weighted by Gasteiger charge is -2.07. The first-order chi connectivity index (χ1) is 9.60. The fourth-order valence-corrected chi connectivity index (χ4v) is 2.16. The van der Waals surface area contributed by atoms with Gasteiger partial charge in [0.2, 0.25) is 0 Å². The Morgan fingerprint density at radius 2 is 1.90 bits per heavy atom. The number of halogens is 1. The first kappa shape index (κ1) is 14.5. The largest absolute Gasteiger partial charge is 0.462 e. The van der Waals surface area contributed by atoms with Crippen LogP contribution >= 0.6 is 15.9 Å². The minimum Gasteiger partial charge on any atom is -0.462 e. The van der Waals surface area contributed by atoms with Crippen LogP contribution in [-0.4, -0.2) is 17.1 Å². The molecule has 0 aliphatic rings. The van der Waals surface area contributed by atoms with E-state index in [0.717, 1.165) is 10.0 Å². The summed E-state index contributed by atoms with van der Waals surface area (Å²) in [4.78, 5) is 23.2. The molecule has 2 rings (SSSR count). The van der Waals surface area contributed by atoms with E-state index in [-0.39, 0.29) is 11.5 Å². The lowest BCUT2D eigenvalue weighted by atomic mass is 10.1. The van der Waals surface area contributed by atoms with Crippen LogP contribution in [-0.2, 0) is 11.3 Å². The number of rotatable bonds is 4. The zero-order valence-electron chi connectivity index (χ0n) is 11.0. The topological polar surface area (TPSA) is 48.3 Å². The van der Waals surface area contributed by atoms with Crippen molar-refractivity contribution in [2.75, 3.05) is 6.61 Å². The molecule has 2 aromatic rings. The van der Waals surface area contributed by atoms with Crippen LogP contribution in [0.4, 0.5) is 0 Å². The molecule has 0 fully saturated rings. The monoisotopic (exact) mass is 335 g/mol. The van der Waals surface area contributed by atoms with Gasteiger partial charge in [-0.1, -0.05) is 12.1 Å². The third-order valence-electron chi connectivity index (χ3n) is 2.77. The molecule has 1 heterocycles. The summed E-state index contributed by atoms with van der Waals surface area (Å²) in [5, 5.41) is 0. The fraction of sp³-hybridized carbons (Fsp3) is 0.200. The van der Waals surface area contributed by atoms with Crippen LogP contribution in [0.1, 0.15) is 22.8 Å². The van der Waals surface area contributed by atoms with E-state index in [0.29, 0.717) is 18.7 Å². The Labute approximate surface area is 125 Å². The molecule has 1 aromatic heterocycles. The molecule has 0 N–H and O–H groups in total. The second-order valence-electron chi connectivity index (χ2n) is 4.23. The zero-order valence-corrected chi connectivity index (χ0v) is 12.6. The number of carbonyl (C=O) groups is 1. The highest BCUT2D eigenvalue weighted by molar-refractivity contribution is 9.10. The summed E-state index contributed by atoms with van der Waals surface area (Å²) in [5.41, 5.74) is 1.39. The van der Waals surface area contributed by atoms with Crippen molar-refractivity contribution in [2.45, 2.75) is 13.5 Å². The smallest absolute Gasteiger partial charge is 0.338 e. The van der Waals surface area contributed by atoms with E-state index in [4.69, 9.17) is 4.74 Å². The Bertz CT molecular complexity index is 662. The van der Waals surface area contributed by atoms with Crippen LogP contribution in [0.3, 0.4) is 0 Å². The van der Waals surface area contributed by atoms with E-state index in [2.05, 4.69) is 15.9 Å². The average Bonchev–Trinajstić information content (AvgIpc) is 2.44. The fourth-order valence-electron chi connectivity index (χ4n) is 1.78. The number of hydrogen-bond acceptors (Lipinski definition) is 3. The van der Waals surface area contributed by atoms with E-state index >= 15 is 0 Å². The molecule has 0 spiro atoms. The zero-order chi connectivity index (χ0) is 14.5. The normalized spacial score (nSPS) is 10.3. The van der Waals surface area contributed by atoms with Gasteiger partial charge in [0, 0.05) is 16.7 Å². The van der Waals surface area contributed by atoms with E-state index in [1.165, 1.54) is 6.07 Å². The van der Waals surface area contributed by atoms with Crippen molar-refractivity contribution in [1.29, 1.82) is 0 Å². The Morgan fingerprint density at radius 3 is 2.55 bits per heavy atom. The van der Waals surface area contributed by atoms with E-state index < -0.39 is 0 Å². The Morgan fingerprint density at radius 1 is 1.20 bits per heavy atom. The van der Waals surface area contributed by atoms with Crippen molar-refractivity contribution in [3.8, 4) is 0 Å². The van der Waals surface area contributed by atoms with Gasteiger partial charge in [0.1, 0.15) is 0 Å². The second-order valence-corrected chi connectivity index (χ2v) is 5.15. The molecule has 5 heteroatoms. The third-order valence-corrected chi connectivity index (χ3v) is 3.23. The van der Waals surface area contributed by atoms with Gasteiger partial charge >= 0.3 is 5.97 Å². The molecule has 0 saturated heterocycles. The van der Waals surface area contributed by atoms with Crippen molar-refractivity contribution in [3.63, 3.8) is 0 Å².